The van der Waals surface area contributed by atoms with Crippen LogP contribution in [0.1, 0.15) is 12.0 Å². The fourth-order valence-electron chi connectivity index (χ4n) is 0.709. The van der Waals surface area contributed by atoms with E-state index in [1.54, 1.807) is 6.07 Å². The summed E-state index contributed by atoms with van der Waals surface area (Å²) >= 11 is 9.45. The van der Waals surface area contributed by atoms with Gasteiger partial charge in [-0.3, -0.25) is 0 Å². The molecule has 0 saturated heterocycles. The van der Waals surface area contributed by atoms with Crippen molar-refractivity contribution in [2.24, 2.45) is 0 Å². The van der Waals surface area contributed by atoms with Crippen molar-refractivity contribution >= 4 is 47.8 Å². The Kier molecular flexibility index (Phi) is 3.67. The zero-order chi connectivity index (χ0) is 9.30. The summed E-state index contributed by atoms with van der Waals surface area (Å²) in [5.74, 6) is 0. The normalized spacial score (nSPS) is 10.8. The fourth-order valence-corrected chi connectivity index (χ4v) is 2.19. The number of hydrogen-bond acceptors (Lipinski definition) is 0. The second-order valence-corrected chi connectivity index (χ2v) is 4.51. The summed E-state index contributed by atoms with van der Waals surface area (Å²) in [7, 11) is 0. The Labute approximate surface area is 93.7 Å². The van der Waals surface area contributed by atoms with Crippen LogP contribution in [0.25, 0.3) is 0 Å². The number of rotatable bonds is 1. The molecule has 0 bridgehead atoms. The summed E-state index contributed by atoms with van der Waals surface area (Å²) < 4.78 is 26.3. The highest BCUT2D eigenvalue weighted by Gasteiger charge is 2.14. The number of alkyl halides is 2. The van der Waals surface area contributed by atoms with Gasteiger partial charge in [-0.2, -0.15) is 0 Å². The highest BCUT2D eigenvalue weighted by Crippen LogP contribution is 2.37. The van der Waals surface area contributed by atoms with Gasteiger partial charge in [-0.1, -0.05) is 6.07 Å². The van der Waals surface area contributed by atoms with E-state index in [0.29, 0.717) is 8.95 Å². The van der Waals surface area contributed by atoms with Gasteiger partial charge in [0.05, 0.1) is 0 Å². The molecular formula is C7H3Br3F2. The van der Waals surface area contributed by atoms with Crippen LogP contribution in [0.5, 0.6) is 0 Å². The minimum atomic E-state index is -2.45. The molecule has 0 amide bonds. The predicted octanol–water partition coefficient (Wildman–Crippen LogP) is 4.91. The lowest BCUT2D eigenvalue weighted by molar-refractivity contribution is 0.150. The van der Waals surface area contributed by atoms with Gasteiger partial charge < -0.3 is 0 Å². The topological polar surface area (TPSA) is 0 Å². The number of halogens is 5. The van der Waals surface area contributed by atoms with Gasteiger partial charge in [0, 0.05) is 19.0 Å². The molecule has 0 nitrogen and oxygen atoms in total. The lowest BCUT2D eigenvalue weighted by Crippen LogP contribution is -1.87. The van der Waals surface area contributed by atoms with Crippen LogP contribution in [0.3, 0.4) is 0 Å². The van der Waals surface area contributed by atoms with Crippen molar-refractivity contribution in [2.75, 3.05) is 0 Å². The molecule has 0 atom stereocenters. The van der Waals surface area contributed by atoms with Gasteiger partial charge in [0.1, 0.15) is 0 Å². The molecule has 0 heterocycles. The van der Waals surface area contributed by atoms with Crippen LogP contribution in [0.4, 0.5) is 8.78 Å². The van der Waals surface area contributed by atoms with Crippen molar-refractivity contribution in [2.45, 2.75) is 6.43 Å². The van der Waals surface area contributed by atoms with Crippen molar-refractivity contribution in [3.63, 3.8) is 0 Å². The summed E-state index contributed by atoms with van der Waals surface area (Å²) in [5.41, 5.74) is -0.00919. The van der Waals surface area contributed by atoms with E-state index in [-0.39, 0.29) is 5.56 Å². The van der Waals surface area contributed by atoms with E-state index in [1.807, 2.05) is 0 Å². The maximum atomic E-state index is 12.3. The molecule has 1 aromatic rings. The molecule has 1 rings (SSSR count). The summed E-state index contributed by atoms with van der Waals surface area (Å²) in [6.45, 7) is 0. The SMILES string of the molecule is FC(F)c1ccc(Br)c(Br)c1Br. The molecule has 0 unspecified atom stereocenters. The average molecular weight is 365 g/mol. The quantitative estimate of drug-likeness (QED) is 0.621. The molecule has 66 valence electrons. The van der Waals surface area contributed by atoms with Crippen LogP contribution < -0.4 is 0 Å². The van der Waals surface area contributed by atoms with E-state index in [2.05, 4.69) is 47.8 Å². The molecular weight excluding hydrogens is 362 g/mol. The van der Waals surface area contributed by atoms with Crippen LogP contribution in [0.2, 0.25) is 0 Å². The minimum Gasteiger partial charge on any atom is -0.205 e. The van der Waals surface area contributed by atoms with E-state index >= 15 is 0 Å². The first-order valence-electron chi connectivity index (χ1n) is 2.95. The van der Waals surface area contributed by atoms with Crippen molar-refractivity contribution in [3.8, 4) is 0 Å². The fraction of sp³-hybridized carbons (Fsp3) is 0.143. The highest BCUT2D eigenvalue weighted by molar-refractivity contribution is 9.14. The Morgan fingerprint density at radius 1 is 1.00 bits per heavy atom. The summed E-state index contributed by atoms with van der Waals surface area (Å²) in [4.78, 5) is 0. The largest absolute Gasteiger partial charge is 0.264 e. The maximum absolute atomic E-state index is 12.3. The Hall–Kier alpha value is 0.520. The van der Waals surface area contributed by atoms with E-state index in [4.69, 9.17) is 0 Å². The standard InChI is InChI=1S/C7H3Br3F2/c8-4-2-1-3(7(11)12)5(9)6(4)10/h1-2,7H. The van der Waals surface area contributed by atoms with Crippen LogP contribution in [0.15, 0.2) is 25.6 Å². The maximum Gasteiger partial charge on any atom is 0.264 e. The Bertz CT molecular complexity index is 299. The zero-order valence-corrected chi connectivity index (χ0v) is 10.4. The third kappa shape index (κ3) is 2.06. The summed E-state index contributed by atoms with van der Waals surface area (Å²) in [6, 6.07) is 2.96. The summed E-state index contributed by atoms with van der Waals surface area (Å²) in [5, 5.41) is 0. The third-order valence-corrected chi connectivity index (χ3v) is 4.70. The second kappa shape index (κ2) is 4.15. The van der Waals surface area contributed by atoms with Crippen molar-refractivity contribution < 1.29 is 8.78 Å². The minimum absolute atomic E-state index is 0.00919. The predicted molar refractivity (Wildman–Crippen MR) is 54.5 cm³/mol. The molecule has 0 aliphatic carbocycles. The van der Waals surface area contributed by atoms with Crippen molar-refractivity contribution in [3.05, 3.63) is 31.1 Å². The number of benzene rings is 1. The van der Waals surface area contributed by atoms with E-state index < -0.39 is 6.43 Å². The molecule has 0 fully saturated rings. The number of hydrogen-bond donors (Lipinski definition) is 0. The molecule has 0 aliphatic rings. The molecule has 0 aromatic heterocycles. The lowest BCUT2D eigenvalue weighted by Gasteiger charge is -2.05. The van der Waals surface area contributed by atoms with Crippen LogP contribution in [-0.4, -0.2) is 0 Å². The molecule has 0 radical (unpaired) electrons. The van der Waals surface area contributed by atoms with Crippen LogP contribution in [0, 0.1) is 0 Å². The van der Waals surface area contributed by atoms with Crippen molar-refractivity contribution in [1.29, 1.82) is 0 Å². The van der Waals surface area contributed by atoms with E-state index in [0.717, 1.165) is 4.47 Å². The first kappa shape index (κ1) is 10.6. The van der Waals surface area contributed by atoms with Crippen molar-refractivity contribution in [1.82, 2.24) is 0 Å². The zero-order valence-electron chi connectivity index (χ0n) is 5.62. The lowest BCUT2D eigenvalue weighted by atomic mass is 10.2. The average Bonchev–Trinajstić information content (AvgIpc) is 2.00. The van der Waals surface area contributed by atoms with E-state index in [9.17, 15) is 8.78 Å². The van der Waals surface area contributed by atoms with Crippen LogP contribution >= 0.6 is 47.8 Å². The Morgan fingerprint density at radius 3 is 2.08 bits per heavy atom. The van der Waals surface area contributed by atoms with Gasteiger partial charge in [0.15, 0.2) is 0 Å². The van der Waals surface area contributed by atoms with Crippen LogP contribution in [-0.2, 0) is 0 Å². The molecule has 0 saturated carbocycles. The van der Waals surface area contributed by atoms with Gasteiger partial charge >= 0.3 is 0 Å². The molecule has 0 N–H and O–H groups in total. The first-order valence-corrected chi connectivity index (χ1v) is 5.33. The highest BCUT2D eigenvalue weighted by atomic mass is 79.9. The van der Waals surface area contributed by atoms with Gasteiger partial charge in [0.2, 0.25) is 0 Å². The summed E-state index contributed by atoms with van der Waals surface area (Å²) in [6.07, 6.45) is -2.45. The van der Waals surface area contributed by atoms with E-state index in [1.165, 1.54) is 6.07 Å². The van der Waals surface area contributed by atoms with Gasteiger partial charge in [0.25, 0.3) is 6.43 Å². The first-order chi connectivity index (χ1) is 5.54. The van der Waals surface area contributed by atoms with Gasteiger partial charge in [-0.25, -0.2) is 8.78 Å². The third-order valence-electron chi connectivity index (χ3n) is 1.30. The monoisotopic (exact) mass is 362 g/mol. The molecule has 12 heavy (non-hydrogen) atoms. The Morgan fingerprint density at radius 2 is 1.58 bits per heavy atom. The second-order valence-electron chi connectivity index (χ2n) is 2.07. The molecule has 0 spiro atoms. The molecule has 5 heteroatoms. The Balaban J connectivity index is 3.27. The smallest absolute Gasteiger partial charge is 0.205 e. The molecule has 0 aliphatic heterocycles. The molecule has 1 aromatic carbocycles. The van der Waals surface area contributed by atoms with Gasteiger partial charge in [-0.15, -0.1) is 0 Å². The van der Waals surface area contributed by atoms with Gasteiger partial charge in [-0.05, 0) is 53.9 Å².